The van der Waals surface area contributed by atoms with Crippen molar-refractivity contribution in [1.29, 1.82) is 0 Å². The molecule has 0 spiro atoms. The Morgan fingerprint density at radius 3 is 2.62 bits per heavy atom. The lowest BCUT2D eigenvalue weighted by Crippen LogP contribution is -2.17. The maximum atomic E-state index is 13.1. The first-order valence-electron chi connectivity index (χ1n) is 7.34. The first-order valence-corrected chi connectivity index (χ1v) is 7.34. The number of oxazole rings is 1. The van der Waals surface area contributed by atoms with Crippen molar-refractivity contribution in [2.24, 2.45) is 5.73 Å². The third kappa shape index (κ3) is 3.36. The van der Waals surface area contributed by atoms with E-state index in [1.807, 2.05) is 0 Å². The number of halogens is 1. The van der Waals surface area contributed by atoms with Crippen molar-refractivity contribution in [2.75, 3.05) is 12.4 Å². The van der Waals surface area contributed by atoms with Gasteiger partial charge in [0.2, 0.25) is 5.88 Å². The Kier molecular flexibility index (Phi) is 4.61. The molecule has 2 heterocycles. The molecule has 0 aliphatic rings. The summed E-state index contributed by atoms with van der Waals surface area (Å²) in [6, 6.07) is 6.75. The number of benzene rings is 1. The molecule has 3 rings (SSSR count). The lowest BCUT2D eigenvalue weighted by Gasteiger charge is -2.08. The number of primary amides is 1. The number of carbonyl (C=O) groups excluding carboxylic acids is 2. The van der Waals surface area contributed by atoms with E-state index in [2.05, 4.69) is 15.3 Å². The van der Waals surface area contributed by atoms with Crippen LogP contribution in [0.15, 0.2) is 47.3 Å². The predicted octanol–water partition coefficient (Wildman–Crippen LogP) is 2.24. The molecule has 0 aliphatic carbocycles. The van der Waals surface area contributed by atoms with Crippen molar-refractivity contribution in [1.82, 2.24) is 9.97 Å². The maximum Gasteiger partial charge on any atom is 0.278 e. The standard InChI is InChI=1S/C17H13FN4O4/c1-25-17-12(15(19)23)6-11(7-20-17)22-16(24)13-14(26-8-21-13)9-2-4-10(18)5-3-9/h2-8H,1H3,(H2,19,23)(H,22,24). The molecular formula is C17H13FN4O4. The molecule has 2 aromatic heterocycles. The molecule has 0 radical (unpaired) electrons. The molecule has 0 atom stereocenters. The van der Waals surface area contributed by atoms with Gasteiger partial charge in [0, 0.05) is 5.56 Å². The fourth-order valence-electron chi connectivity index (χ4n) is 2.26. The van der Waals surface area contributed by atoms with Gasteiger partial charge in [-0.3, -0.25) is 9.59 Å². The number of aromatic nitrogens is 2. The molecule has 0 aliphatic heterocycles. The number of hydrogen-bond acceptors (Lipinski definition) is 6. The van der Waals surface area contributed by atoms with Gasteiger partial charge in [-0.2, -0.15) is 0 Å². The minimum Gasteiger partial charge on any atom is -0.480 e. The van der Waals surface area contributed by atoms with Crippen molar-refractivity contribution < 1.29 is 23.1 Å². The van der Waals surface area contributed by atoms with E-state index in [1.54, 1.807) is 0 Å². The van der Waals surface area contributed by atoms with Gasteiger partial charge < -0.3 is 20.2 Å². The summed E-state index contributed by atoms with van der Waals surface area (Å²) in [5.41, 5.74) is 5.98. The molecule has 1 aromatic carbocycles. The molecule has 0 bridgehead atoms. The third-order valence-corrected chi connectivity index (χ3v) is 3.46. The number of nitrogens with one attached hydrogen (secondary N) is 1. The average molecular weight is 356 g/mol. The monoisotopic (exact) mass is 356 g/mol. The summed E-state index contributed by atoms with van der Waals surface area (Å²) in [7, 11) is 1.34. The fourth-order valence-corrected chi connectivity index (χ4v) is 2.26. The number of nitrogens with zero attached hydrogens (tertiary/aromatic N) is 2. The minimum absolute atomic E-state index is 0.00643. The van der Waals surface area contributed by atoms with Crippen LogP contribution in [0.2, 0.25) is 0 Å². The van der Waals surface area contributed by atoms with Crippen LogP contribution >= 0.6 is 0 Å². The van der Waals surface area contributed by atoms with Crippen molar-refractivity contribution >= 4 is 17.5 Å². The van der Waals surface area contributed by atoms with Gasteiger partial charge in [-0.25, -0.2) is 14.4 Å². The Morgan fingerprint density at radius 2 is 1.96 bits per heavy atom. The van der Waals surface area contributed by atoms with Crippen LogP contribution in [-0.4, -0.2) is 28.9 Å². The smallest absolute Gasteiger partial charge is 0.278 e. The Balaban J connectivity index is 1.88. The fraction of sp³-hybridized carbons (Fsp3) is 0.0588. The van der Waals surface area contributed by atoms with Crippen LogP contribution < -0.4 is 15.8 Å². The number of carbonyl (C=O) groups is 2. The highest BCUT2D eigenvalue weighted by Crippen LogP contribution is 2.25. The Labute approximate surface area is 146 Å². The van der Waals surface area contributed by atoms with E-state index in [9.17, 15) is 14.0 Å². The van der Waals surface area contributed by atoms with E-state index in [1.165, 1.54) is 43.6 Å². The molecule has 0 saturated heterocycles. The summed E-state index contributed by atoms with van der Waals surface area (Å²) in [5.74, 6) is -1.54. The van der Waals surface area contributed by atoms with E-state index >= 15 is 0 Å². The number of amides is 2. The summed E-state index contributed by atoms with van der Waals surface area (Å²) in [6.07, 6.45) is 2.41. The predicted molar refractivity (Wildman–Crippen MR) is 89.2 cm³/mol. The van der Waals surface area contributed by atoms with Gasteiger partial charge in [-0.15, -0.1) is 0 Å². The van der Waals surface area contributed by atoms with Gasteiger partial charge in [0.1, 0.15) is 11.4 Å². The SMILES string of the molecule is COc1ncc(NC(=O)c2ncoc2-c2ccc(F)cc2)cc1C(N)=O. The van der Waals surface area contributed by atoms with Crippen LogP contribution in [0.5, 0.6) is 5.88 Å². The number of methoxy groups -OCH3 is 1. The van der Waals surface area contributed by atoms with Crippen molar-refractivity contribution in [3.63, 3.8) is 0 Å². The Hall–Kier alpha value is -3.75. The summed E-state index contributed by atoms with van der Waals surface area (Å²) >= 11 is 0. The van der Waals surface area contributed by atoms with Crippen LogP contribution in [0.4, 0.5) is 10.1 Å². The van der Waals surface area contributed by atoms with Crippen LogP contribution in [0, 0.1) is 5.82 Å². The zero-order valence-corrected chi connectivity index (χ0v) is 13.5. The van der Waals surface area contributed by atoms with Crippen LogP contribution in [0.25, 0.3) is 11.3 Å². The van der Waals surface area contributed by atoms with E-state index in [-0.39, 0.29) is 28.6 Å². The minimum atomic E-state index is -0.751. The lowest BCUT2D eigenvalue weighted by atomic mass is 10.1. The topological polar surface area (TPSA) is 120 Å². The number of ether oxygens (including phenoxy) is 1. The number of rotatable bonds is 5. The zero-order valence-electron chi connectivity index (χ0n) is 13.5. The number of pyridine rings is 1. The highest BCUT2D eigenvalue weighted by atomic mass is 19.1. The van der Waals surface area contributed by atoms with Crippen molar-refractivity contribution in [3.8, 4) is 17.2 Å². The molecule has 0 saturated carbocycles. The number of anilines is 1. The van der Waals surface area contributed by atoms with Gasteiger partial charge in [0.15, 0.2) is 17.8 Å². The molecule has 26 heavy (non-hydrogen) atoms. The number of hydrogen-bond donors (Lipinski definition) is 2. The normalized spacial score (nSPS) is 10.4. The second-order valence-corrected chi connectivity index (χ2v) is 5.14. The van der Waals surface area contributed by atoms with Gasteiger partial charge in [0.25, 0.3) is 11.8 Å². The first-order chi connectivity index (χ1) is 12.5. The lowest BCUT2D eigenvalue weighted by molar-refractivity contribution is 0.0992. The molecular weight excluding hydrogens is 343 g/mol. The zero-order chi connectivity index (χ0) is 18.7. The van der Waals surface area contributed by atoms with Crippen molar-refractivity contribution in [3.05, 3.63) is 60.0 Å². The van der Waals surface area contributed by atoms with E-state index in [0.29, 0.717) is 5.56 Å². The molecule has 2 amide bonds. The van der Waals surface area contributed by atoms with Gasteiger partial charge in [-0.1, -0.05) is 0 Å². The highest BCUT2D eigenvalue weighted by Gasteiger charge is 2.20. The number of nitrogens with two attached hydrogens (primary N) is 1. The molecule has 0 unspecified atom stereocenters. The van der Waals surface area contributed by atoms with Crippen LogP contribution in [0.1, 0.15) is 20.8 Å². The maximum absolute atomic E-state index is 13.1. The van der Waals surface area contributed by atoms with Gasteiger partial charge >= 0.3 is 0 Å². The van der Waals surface area contributed by atoms with Gasteiger partial charge in [0.05, 0.1) is 19.0 Å². The second kappa shape index (κ2) is 7.01. The van der Waals surface area contributed by atoms with E-state index in [0.717, 1.165) is 6.39 Å². The second-order valence-electron chi connectivity index (χ2n) is 5.14. The van der Waals surface area contributed by atoms with E-state index in [4.69, 9.17) is 14.9 Å². The van der Waals surface area contributed by atoms with Gasteiger partial charge in [-0.05, 0) is 30.3 Å². The largest absolute Gasteiger partial charge is 0.480 e. The third-order valence-electron chi connectivity index (χ3n) is 3.46. The van der Waals surface area contributed by atoms with E-state index < -0.39 is 17.6 Å². The molecule has 8 nitrogen and oxygen atoms in total. The molecule has 132 valence electrons. The average Bonchev–Trinajstić information content (AvgIpc) is 3.12. The summed E-state index contributed by atoms with van der Waals surface area (Å²) < 4.78 is 23.2. The van der Waals surface area contributed by atoms with Crippen LogP contribution in [0.3, 0.4) is 0 Å². The Morgan fingerprint density at radius 1 is 1.23 bits per heavy atom. The quantitative estimate of drug-likeness (QED) is 0.723. The molecule has 0 fully saturated rings. The first kappa shape index (κ1) is 17.1. The highest BCUT2D eigenvalue weighted by molar-refractivity contribution is 6.07. The molecule has 3 aromatic rings. The van der Waals surface area contributed by atoms with Crippen LogP contribution in [-0.2, 0) is 0 Å². The summed E-state index contributed by atoms with van der Waals surface area (Å²) in [4.78, 5) is 31.7. The molecule has 9 heteroatoms. The summed E-state index contributed by atoms with van der Waals surface area (Å²) in [6.45, 7) is 0. The van der Waals surface area contributed by atoms with Crippen molar-refractivity contribution in [2.45, 2.75) is 0 Å². The molecule has 3 N–H and O–H groups in total. The summed E-state index contributed by atoms with van der Waals surface area (Å²) in [5, 5.41) is 2.55. The Bertz CT molecular complexity index is 969.